The second kappa shape index (κ2) is 5.33. The lowest BCUT2D eigenvalue weighted by Gasteiger charge is -2.32. The van der Waals surface area contributed by atoms with E-state index in [1.54, 1.807) is 0 Å². The minimum absolute atomic E-state index is 0.315. The molecule has 0 radical (unpaired) electrons. The van der Waals surface area contributed by atoms with Crippen LogP contribution in [0.25, 0.3) is 0 Å². The zero-order chi connectivity index (χ0) is 14.0. The quantitative estimate of drug-likeness (QED) is 0.774. The maximum Gasteiger partial charge on any atom is 0.222 e. The summed E-state index contributed by atoms with van der Waals surface area (Å²) in [6.07, 6.45) is 3.08. The summed E-state index contributed by atoms with van der Waals surface area (Å²) in [7, 11) is 0. The highest BCUT2D eigenvalue weighted by molar-refractivity contribution is 5.42. The summed E-state index contributed by atoms with van der Waals surface area (Å²) in [6, 6.07) is 2.33. The fourth-order valence-corrected chi connectivity index (χ4v) is 2.25. The second-order valence-electron chi connectivity index (χ2n) is 6.70. The van der Waals surface area contributed by atoms with Crippen molar-refractivity contribution in [2.24, 2.45) is 11.1 Å². The van der Waals surface area contributed by atoms with E-state index < -0.39 is 0 Å². The Labute approximate surface area is 115 Å². The van der Waals surface area contributed by atoms with E-state index in [0.717, 1.165) is 37.3 Å². The number of hydrogen-bond acceptors (Lipinski definition) is 5. The van der Waals surface area contributed by atoms with Crippen LogP contribution in [0, 0.1) is 5.41 Å². The molecule has 1 saturated carbocycles. The highest BCUT2D eigenvalue weighted by atomic mass is 15.1. The Morgan fingerprint density at radius 3 is 2.58 bits per heavy atom. The minimum atomic E-state index is 0.315. The van der Waals surface area contributed by atoms with Crippen molar-refractivity contribution in [2.45, 2.75) is 52.0 Å². The van der Waals surface area contributed by atoms with Crippen molar-refractivity contribution < 1.29 is 0 Å². The van der Waals surface area contributed by atoms with Gasteiger partial charge in [0, 0.05) is 24.6 Å². The van der Waals surface area contributed by atoms with Crippen molar-refractivity contribution in [3.63, 3.8) is 0 Å². The topological polar surface area (TPSA) is 89.8 Å². The summed E-state index contributed by atoms with van der Waals surface area (Å²) in [5.74, 6) is 1.62. The molecule has 2 rings (SSSR count). The van der Waals surface area contributed by atoms with Crippen molar-refractivity contribution in [1.29, 1.82) is 0 Å². The van der Waals surface area contributed by atoms with E-state index in [0.29, 0.717) is 23.3 Å². The van der Waals surface area contributed by atoms with Crippen molar-refractivity contribution in [3.8, 4) is 0 Å². The van der Waals surface area contributed by atoms with Crippen LogP contribution in [0.15, 0.2) is 6.07 Å². The van der Waals surface area contributed by atoms with E-state index >= 15 is 0 Å². The third kappa shape index (κ3) is 4.06. The maximum atomic E-state index is 5.82. The Kier molecular flexibility index (Phi) is 3.94. The predicted molar refractivity (Wildman–Crippen MR) is 79.0 cm³/mol. The number of nitrogen functional groups attached to an aromatic ring is 1. The van der Waals surface area contributed by atoms with Gasteiger partial charge < -0.3 is 16.8 Å². The summed E-state index contributed by atoms with van der Waals surface area (Å²) < 4.78 is 0. The Morgan fingerprint density at radius 1 is 1.32 bits per heavy atom. The molecule has 0 unspecified atom stereocenters. The molecule has 1 aromatic rings. The standard InChI is InChI=1S/C14H25N5/c1-14(2,3)4-5-17-12-8-11(18-13(16)19-12)9-6-10(15)7-9/h8-10H,4-7,15H2,1-3H3,(H3,16,17,18,19). The van der Waals surface area contributed by atoms with Gasteiger partial charge in [-0.3, -0.25) is 0 Å². The number of nitrogens with zero attached hydrogens (tertiary/aromatic N) is 2. The Morgan fingerprint density at radius 2 is 2.00 bits per heavy atom. The van der Waals surface area contributed by atoms with Crippen LogP contribution in [0.4, 0.5) is 11.8 Å². The van der Waals surface area contributed by atoms with Gasteiger partial charge in [0.25, 0.3) is 0 Å². The maximum absolute atomic E-state index is 5.82. The number of aromatic nitrogens is 2. The van der Waals surface area contributed by atoms with Crippen LogP contribution < -0.4 is 16.8 Å². The van der Waals surface area contributed by atoms with Gasteiger partial charge in [-0.2, -0.15) is 4.98 Å². The van der Waals surface area contributed by atoms with E-state index in [1.807, 2.05) is 6.07 Å². The zero-order valence-corrected chi connectivity index (χ0v) is 12.1. The Bertz CT molecular complexity index is 432. The fraction of sp³-hybridized carbons (Fsp3) is 0.714. The van der Waals surface area contributed by atoms with Crippen LogP contribution in [0.1, 0.15) is 51.6 Å². The molecule has 0 amide bonds. The van der Waals surface area contributed by atoms with Gasteiger partial charge in [0.05, 0.1) is 5.69 Å². The van der Waals surface area contributed by atoms with Crippen LogP contribution in [0.3, 0.4) is 0 Å². The van der Waals surface area contributed by atoms with Crippen LogP contribution >= 0.6 is 0 Å². The normalized spacial score (nSPS) is 22.9. The number of nitrogens with one attached hydrogen (secondary N) is 1. The van der Waals surface area contributed by atoms with Crippen molar-refractivity contribution in [2.75, 3.05) is 17.6 Å². The number of rotatable bonds is 4. The third-order valence-corrected chi connectivity index (χ3v) is 3.54. The Hall–Kier alpha value is -1.36. The monoisotopic (exact) mass is 263 g/mol. The molecule has 0 saturated heterocycles. The number of hydrogen-bond donors (Lipinski definition) is 3. The third-order valence-electron chi connectivity index (χ3n) is 3.54. The van der Waals surface area contributed by atoms with Crippen molar-refractivity contribution >= 4 is 11.8 Å². The first kappa shape index (κ1) is 14.1. The SMILES string of the molecule is CC(C)(C)CCNc1cc(C2CC(N)C2)nc(N)n1. The lowest BCUT2D eigenvalue weighted by Crippen LogP contribution is -2.35. The van der Waals surface area contributed by atoms with Gasteiger partial charge >= 0.3 is 0 Å². The average Bonchev–Trinajstić information content (AvgIpc) is 2.22. The molecule has 0 aliphatic heterocycles. The smallest absolute Gasteiger partial charge is 0.222 e. The number of anilines is 2. The average molecular weight is 263 g/mol. The molecule has 19 heavy (non-hydrogen) atoms. The molecule has 1 heterocycles. The van der Waals surface area contributed by atoms with E-state index in [4.69, 9.17) is 11.5 Å². The van der Waals surface area contributed by atoms with Gasteiger partial charge in [-0.25, -0.2) is 4.98 Å². The lowest BCUT2D eigenvalue weighted by molar-refractivity contribution is 0.345. The van der Waals surface area contributed by atoms with Crippen LogP contribution in [0.2, 0.25) is 0 Å². The molecule has 0 bridgehead atoms. The molecule has 106 valence electrons. The largest absolute Gasteiger partial charge is 0.370 e. The van der Waals surface area contributed by atoms with Gasteiger partial charge in [0.1, 0.15) is 5.82 Å². The van der Waals surface area contributed by atoms with Crippen molar-refractivity contribution in [1.82, 2.24) is 9.97 Å². The van der Waals surface area contributed by atoms with E-state index in [1.165, 1.54) is 0 Å². The molecule has 1 aliphatic rings. The van der Waals surface area contributed by atoms with Gasteiger partial charge in [-0.05, 0) is 24.7 Å². The molecule has 1 fully saturated rings. The summed E-state index contributed by atoms with van der Waals surface area (Å²) >= 11 is 0. The predicted octanol–water partition coefficient (Wildman–Crippen LogP) is 2.11. The first-order valence-corrected chi connectivity index (χ1v) is 6.97. The van der Waals surface area contributed by atoms with Gasteiger partial charge in [0.2, 0.25) is 5.95 Å². The molecule has 1 aliphatic carbocycles. The van der Waals surface area contributed by atoms with Gasteiger partial charge in [-0.15, -0.1) is 0 Å². The molecular weight excluding hydrogens is 238 g/mol. The summed E-state index contributed by atoms with van der Waals surface area (Å²) in [5, 5.41) is 3.33. The molecule has 0 atom stereocenters. The number of nitrogens with two attached hydrogens (primary N) is 2. The highest BCUT2D eigenvalue weighted by Crippen LogP contribution is 2.35. The van der Waals surface area contributed by atoms with Gasteiger partial charge in [0.15, 0.2) is 0 Å². The lowest BCUT2D eigenvalue weighted by atomic mass is 9.78. The fourth-order valence-electron chi connectivity index (χ4n) is 2.25. The van der Waals surface area contributed by atoms with Crippen molar-refractivity contribution in [3.05, 3.63) is 11.8 Å². The molecular formula is C14H25N5. The summed E-state index contributed by atoms with van der Waals surface area (Å²) in [5.41, 5.74) is 12.9. The van der Waals surface area contributed by atoms with E-state index in [2.05, 4.69) is 36.1 Å². The minimum Gasteiger partial charge on any atom is -0.370 e. The molecule has 0 spiro atoms. The highest BCUT2D eigenvalue weighted by Gasteiger charge is 2.29. The van der Waals surface area contributed by atoms with Crippen LogP contribution in [-0.2, 0) is 0 Å². The van der Waals surface area contributed by atoms with Crippen LogP contribution in [0.5, 0.6) is 0 Å². The summed E-state index contributed by atoms with van der Waals surface area (Å²) in [4.78, 5) is 8.56. The zero-order valence-electron chi connectivity index (χ0n) is 12.1. The summed E-state index contributed by atoms with van der Waals surface area (Å²) in [6.45, 7) is 7.57. The molecule has 5 N–H and O–H groups in total. The molecule has 1 aromatic heterocycles. The first-order chi connectivity index (χ1) is 8.83. The molecule has 5 nitrogen and oxygen atoms in total. The molecule has 0 aromatic carbocycles. The van der Waals surface area contributed by atoms with Gasteiger partial charge in [-0.1, -0.05) is 20.8 Å². The van der Waals surface area contributed by atoms with E-state index in [9.17, 15) is 0 Å². The molecule has 5 heteroatoms. The second-order valence-corrected chi connectivity index (χ2v) is 6.70. The van der Waals surface area contributed by atoms with Crippen LogP contribution in [-0.4, -0.2) is 22.6 Å². The first-order valence-electron chi connectivity index (χ1n) is 6.97. The van der Waals surface area contributed by atoms with E-state index in [-0.39, 0.29) is 0 Å². The Balaban J connectivity index is 1.97.